The van der Waals surface area contributed by atoms with Gasteiger partial charge in [-0.3, -0.25) is 4.79 Å². The van der Waals surface area contributed by atoms with Crippen LogP contribution in [0.3, 0.4) is 0 Å². The summed E-state index contributed by atoms with van der Waals surface area (Å²) in [5.41, 5.74) is 6.16. The third-order valence-electron chi connectivity index (χ3n) is 4.31. The van der Waals surface area contributed by atoms with Gasteiger partial charge in [-0.25, -0.2) is 0 Å². The average Bonchev–Trinajstić information content (AvgIpc) is 2.25. The highest BCUT2D eigenvalue weighted by Crippen LogP contribution is 2.29. The minimum Gasteiger partial charge on any atom is -0.341 e. The van der Waals surface area contributed by atoms with E-state index in [1.165, 1.54) is 0 Å². The molecule has 1 rings (SSSR count). The van der Waals surface area contributed by atoms with Crippen molar-refractivity contribution in [3.8, 4) is 0 Å². The van der Waals surface area contributed by atoms with Crippen LogP contribution in [0, 0.1) is 17.3 Å². The molecule has 1 aliphatic rings. The van der Waals surface area contributed by atoms with Crippen LogP contribution in [0.1, 0.15) is 47.5 Å². The molecule has 1 aliphatic heterocycles. The lowest BCUT2D eigenvalue weighted by molar-refractivity contribution is -0.140. The van der Waals surface area contributed by atoms with Crippen LogP contribution in [0.4, 0.5) is 0 Å². The van der Waals surface area contributed by atoms with Crippen molar-refractivity contribution >= 4 is 5.91 Å². The zero-order chi connectivity index (χ0) is 13.2. The molecule has 3 nitrogen and oxygen atoms in total. The van der Waals surface area contributed by atoms with E-state index in [0.717, 1.165) is 25.9 Å². The van der Waals surface area contributed by atoms with E-state index in [9.17, 15) is 4.79 Å². The van der Waals surface area contributed by atoms with Crippen molar-refractivity contribution in [3.63, 3.8) is 0 Å². The number of amides is 1. The fourth-order valence-electron chi connectivity index (χ4n) is 2.38. The summed E-state index contributed by atoms with van der Waals surface area (Å²) >= 11 is 0. The standard InChI is InChI=1S/C14H28N2O/c1-6-11-7-8-16(9-12(11)15)13(17)10(2)14(3,4)5/h10-12H,6-9,15H2,1-5H3. The van der Waals surface area contributed by atoms with Gasteiger partial charge in [0.25, 0.3) is 0 Å². The van der Waals surface area contributed by atoms with Gasteiger partial charge in [-0.2, -0.15) is 0 Å². The summed E-state index contributed by atoms with van der Waals surface area (Å²) in [6.45, 7) is 12.2. The lowest BCUT2D eigenvalue weighted by atomic mass is 9.80. The minimum atomic E-state index is 0.0305. The quantitative estimate of drug-likeness (QED) is 0.804. The predicted molar refractivity (Wildman–Crippen MR) is 71.6 cm³/mol. The molecular formula is C14H28N2O. The zero-order valence-corrected chi connectivity index (χ0v) is 12.0. The second kappa shape index (κ2) is 5.38. The van der Waals surface area contributed by atoms with Gasteiger partial charge in [0.2, 0.25) is 5.91 Å². The molecule has 3 heteroatoms. The number of piperidine rings is 1. The molecule has 0 spiro atoms. The predicted octanol–water partition coefficient (Wildman–Crippen LogP) is 2.25. The number of rotatable bonds is 2. The molecule has 1 fully saturated rings. The molecule has 0 aromatic rings. The van der Waals surface area contributed by atoms with Crippen LogP contribution in [0.2, 0.25) is 0 Å². The molecule has 0 bridgehead atoms. The minimum absolute atomic E-state index is 0.0305. The molecule has 1 saturated heterocycles. The van der Waals surface area contributed by atoms with E-state index in [4.69, 9.17) is 5.73 Å². The van der Waals surface area contributed by atoms with Gasteiger partial charge in [0.15, 0.2) is 0 Å². The van der Waals surface area contributed by atoms with Crippen molar-refractivity contribution in [3.05, 3.63) is 0 Å². The Morgan fingerprint density at radius 3 is 2.47 bits per heavy atom. The van der Waals surface area contributed by atoms with Gasteiger partial charge in [0, 0.05) is 25.0 Å². The second-order valence-corrected chi connectivity index (χ2v) is 6.49. The monoisotopic (exact) mass is 240 g/mol. The topological polar surface area (TPSA) is 46.3 Å². The van der Waals surface area contributed by atoms with Crippen LogP contribution in [-0.4, -0.2) is 29.9 Å². The molecule has 3 atom stereocenters. The summed E-state index contributed by atoms with van der Waals surface area (Å²) in [7, 11) is 0. The van der Waals surface area contributed by atoms with Gasteiger partial charge >= 0.3 is 0 Å². The van der Waals surface area contributed by atoms with E-state index in [2.05, 4.69) is 27.7 Å². The largest absolute Gasteiger partial charge is 0.341 e. The van der Waals surface area contributed by atoms with E-state index in [-0.39, 0.29) is 23.3 Å². The molecular weight excluding hydrogens is 212 g/mol. The number of nitrogens with two attached hydrogens (primary N) is 1. The summed E-state index contributed by atoms with van der Waals surface area (Å²) < 4.78 is 0. The van der Waals surface area contributed by atoms with Crippen LogP contribution < -0.4 is 5.73 Å². The maximum absolute atomic E-state index is 12.4. The summed E-state index contributed by atoms with van der Waals surface area (Å²) in [6.07, 6.45) is 2.18. The number of nitrogens with zero attached hydrogens (tertiary/aromatic N) is 1. The highest BCUT2D eigenvalue weighted by atomic mass is 16.2. The number of likely N-dealkylation sites (tertiary alicyclic amines) is 1. The first-order valence-corrected chi connectivity index (χ1v) is 6.81. The van der Waals surface area contributed by atoms with Crippen LogP contribution in [0.5, 0.6) is 0 Å². The van der Waals surface area contributed by atoms with E-state index < -0.39 is 0 Å². The summed E-state index contributed by atoms with van der Waals surface area (Å²) in [4.78, 5) is 14.3. The van der Waals surface area contributed by atoms with Crippen LogP contribution >= 0.6 is 0 Å². The zero-order valence-electron chi connectivity index (χ0n) is 12.0. The Bertz CT molecular complexity index is 270. The Morgan fingerprint density at radius 1 is 1.47 bits per heavy atom. The second-order valence-electron chi connectivity index (χ2n) is 6.49. The molecule has 0 radical (unpaired) electrons. The first-order chi connectivity index (χ1) is 7.77. The van der Waals surface area contributed by atoms with Crippen molar-refractivity contribution in [1.82, 2.24) is 4.90 Å². The average molecular weight is 240 g/mol. The van der Waals surface area contributed by atoms with Gasteiger partial charge in [-0.05, 0) is 17.8 Å². The molecule has 17 heavy (non-hydrogen) atoms. The third-order valence-corrected chi connectivity index (χ3v) is 4.31. The van der Waals surface area contributed by atoms with Crippen molar-refractivity contribution in [1.29, 1.82) is 0 Å². The van der Waals surface area contributed by atoms with Gasteiger partial charge in [0.05, 0.1) is 0 Å². The van der Waals surface area contributed by atoms with Crippen molar-refractivity contribution in [2.45, 2.75) is 53.5 Å². The molecule has 0 aromatic carbocycles. The van der Waals surface area contributed by atoms with E-state index in [1.807, 2.05) is 11.8 Å². The first-order valence-electron chi connectivity index (χ1n) is 6.81. The normalized spacial score (nSPS) is 28.0. The number of hydrogen-bond donors (Lipinski definition) is 1. The molecule has 1 amide bonds. The van der Waals surface area contributed by atoms with Gasteiger partial charge in [-0.15, -0.1) is 0 Å². The lowest BCUT2D eigenvalue weighted by Crippen LogP contribution is -2.52. The molecule has 0 saturated carbocycles. The fraction of sp³-hybridized carbons (Fsp3) is 0.929. The Kier molecular flexibility index (Phi) is 4.59. The SMILES string of the molecule is CCC1CCN(C(=O)C(C)C(C)(C)C)CC1N. The summed E-state index contributed by atoms with van der Waals surface area (Å²) in [5, 5.41) is 0. The summed E-state index contributed by atoms with van der Waals surface area (Å²) in [6, 6.07) is 0.157. The van der Waals surface area contributed by atoms with E-state index in [1.54, 1.807) is 0 Å². The third kappa shape index (κ3) is 3.44. The maximum atomic E-state index is 12.4. The van der Waals surface area contributed by atoms with E-state index in [0.29, 0.717) is 5.92 Å². The number of hydrogen-bond acceptors (Lipinski definition) is 2. The smallest absolute Gasteiger partial charge is 0.225 e. The molecule has 3 unspecified atom stereocenters. The fourth-order valence-corrected chi connectivity index (χ4v) is 2.38. The maximum Gasteiger partial charge on any atom is 0.225 e. The van der Waals surface area contributed by atoms with Crippen molar-refractivity contribution < 1.29 is 4.79 Å². The van der Waals surface area contributed by atoms with Crippen molar-refractivity contribution in [2.24, 2.45) is 23.0 Å². The number of carbonyl (C=O) groups excluding carboxylic acids is 1. The van der Waals surface area contributed by atoms with Crippen molar-refractivity contribution in [2.75, 3.05) is 13.1 Å². The Hall–Kier alpha value is -0.570. The Labute approximate surface area is 106 Å². The first kappa shape index (κ1) is 14.5. The number of carbonyl (C=O) groups is 1. The molecule has 0 aliphatic carbocycles. The Morgan fingerprint density at radius 2 is 2.06 bits per heavy atom. The summed E-state index contributed by atoms with van der Waals surface area (Å²) in [5.74, 6) is 0.916. The highest BCUT2D eigenvalue weighted by molar-refractivity contribution is 5.79. The Balaban J connectivity index is 2.61. The molecule has 1 heterocycles. The van der Waals surface area contributed by atoms with Crippen LogP contribution in [0.25, 0.3) is 0 Å². The van der Waals surface area contributed by atoms with Gasteiger partial charge in [0.1, 0.15) is 0 Å². The van der Waals surface area contributed by atoms with Crippen LogP contribution in [-0.2, 0) is 4.79 Å². The van der Waals surface area contributed by atoms with Gasteiger partial charge < -0.3 is 10.6 Å². The van der Waals surface area contributed by atoms with Crippen LogP contribution in [0.15, 0.2) is 0 Å². The molecule has 100 valence electrons. The van der Waals surface area contributed by atoms with Gasteiger partial charge in [-0.1, -0.05) is 41.0 Å². The molecule has 2 N–H and O–H groups in total. The lowest BCUT2D eigenvalue weighted by Gasteiger charge is -2.39. The van der Waals surface area contributed by atoms with E-state index >= 15 is 0 Å². The highest BCUT2D eigenvalue weighted by Gasteiger charge is 2.34. The molecule has 0 aromatic heterocycles.